The minimum absolute atomic E-state index is 0.0179. The van der Waals surface area contributed by atoms with Crippen LogP contribution in [0.2, 0.25) is 0 Å². The van der Waals surface area contributed by atoms with Crippen molar-refractivity contribution < 1.29 is 14.3 Å². The lowest BCUT2D eigenvalue weighted by Gasteiger charge is -2.28. The highest BCUT2D eigenvalue weighted by Gasteiger charge is 2.34. The predicted octanol–water partition coefficient (Wildman–Crippen LogP) is 1.44. The molecule has 0 unspecified atom stereocenters. The Kier molecular flexibility index (Phi) is 3.52. The maximum atomic E-state index is 13.3. The maximum absolute atomic E-state index is 13.3. The van der Waals surface area contributed by atoms with Gasteiger partial charge in [0.1, 0.15) is 5.82 Å². The van der Waals surface area contributed by atoms with Crippen LogP contribution in [0.25, 0.3) is 0 Å². The molecule has 0 atom stereocenters. The number of carbonyl (C=O) groups excluding carboxylic acids is 1. The van der Waals surface area contributed by atoms with Gasteiger partial charge in [-0.3, -0.25) is 4.79 Å². The van der Waals surface area contributed by atoms with E-state index in [2.05, 4.69) is 5.32 Å². The van der Waals surface area contributed by atoms with Gasteiger partial charge in [0, 0.05) is 5.56 Å². The summed E-state index contributed by atoms with van der Waals surface area (Å²) in [6.07, 6.45) is 3.48. The van der Waals surface area contributed by atoms with Crippen LogP contribution in [0.15, 0.2) is 18.2 Å². The monoisotopic (exact) mass is 252 g/mol. The highest BCUT2D eigenvalue weighted by Crippen LogP contribution is 2.29. The van der Waals surface area contributed by atoms with E-state index in [0.717, 1.165) is 31.7 Å². The third-order valence-electron chi connectivity index (χ3n) is 3.50. The smallest absolute Gasteiger partial charge is 0.251 e. The lowest BCUT2D eigenvalue weighted by Crippen LogP contribution is -2.49. The van der Waals surface area contributed by atoms with Crippen LogP contribution in [0.5, 0.6) is 0 Å². The standard InChI is InChI=1S/C13H17FN2O2/c14-10-7-9(3-4-11(10)15)12(18)16-13(8-17)5-1-2-6-13/h3-4,7,17H,1-2,5-6,8,15H2,(H,16,18). The molecule has 0 bridgehead atoms. The lowest BCUT2D eigenvalue weighted by molar-refractivity contribution is 0.0838. The van der Waals surface area contributed by atoms with Crippen molar-refractivity contribution in [2.24, 2.45) is 0 Å². The summed E-state index contributed by atoms with van der Waals surface area (Å²) >= 11 is 0. The van der Waals surface area contributed by atoms with Gasteiger partial charge in [0.05, 0.1) is 17.8 Å². The molecule has 1 aromatic rings. The highest BCUT2D eigenvalue weighted by atomic mass is 19.1. The maximum Gasteiger partial charge on any atom is 0.251 e. The second-order valence-corrected chi connectivity index (χ2v) is 4.84. The summed E-state index contributed by atoms with van der Waals surface area (Å²) in [4.78, 5) is 12.0. The molecule has 0 aliphatic heterocycles. The molecule has 0 aromatic heterocycles. The second kappa shape index (κ2) is 4.94. The van der Waals surface area contributed by atoms with Gasteiger partial charge in [-0.1, -0.05) is 12.8 Å². The zero-order chi connectivity index (χ0) is 13.2. The van der Waals surface area contributed by atoms with E-state index < -0.39 is 11.4 Å². The topological polar surface area (TPSA) is 75.4 Å². The minimum Gasteiger partial charge on any atom is -0.396 e. The molecule has 2 rings (SSSR count). The molecule has 1 aliphatic carbocycles. The van der Waals surface area contributed by atoms with Gasteiger partial charge in [-0.2, -0.15) is 0 Å². The number of aliphatic hydroxyl groups is 1. The average Bonchev–Trinajstić information content (AvgIpc) is 2.82. The average molecular weight is 252 g/mol. The molecule has 0 heterocycles. The van der Waals surface area contributed by atoms with Gasteiger partial charge in [0.15, 0.2) is 0 Å². The number of aliphatic hydroxyl groups excluding tert-OH is 1. The van der Waals surface area contributed by atoms with Crippen LogP contribution in [0.4, 0.5) is 10.1 Å². The molecule has 1 amide bonds. The fourth-order valence-corrected chi connectivity index (χ4v) is 2.36. The van der Waals surface area contributed by atoms with E-state index >= 15 is 0 Å². The van der Waals surface area contributed by atoms with Crippen molar-refractivity contribution in [3.63, 3.8) is 0 Å². The molecule has 4 N–H and O–H groups in total. The third-order valence-corrected chi connectivity index (χ3v) is 3.50. The Bertz CT molecular complexity index is 456. The predicted molar refractivity (Wildman–Crippen MR) is 66.6 cm³/mol. The largest absolute Gasteiger partial charge is 0.396 e. The third kappa shape index (κ3) is 2.46. The summed E-state index contributed by atoms with van der Waals surface area (Å²) in [6, 6.07) is 3.96. The van der Waals surface area contributed by atoms with Gasteiger partial charge >= 0.3 is 0 Å². The Morgan fingerprint density at radius 2 is 2.11 bits per heavy atom. The molecule has 1 saturated carbocycles. The molecule has 0 spiro atoms. The molecule has 0 saturated heterocycles. The number of amides is 1. The van der Waals surface area contributed by atoms with E-state index in [4.69, 9.17) is 5.73 Å². The number of anilines is 1. The number of benzene rings is 1. The highest BCUT2D eigenvalue weighted by molar-refractivity contribution is 5.95. The number of carbonyl (C=O) groups is 1. The number of nitrogens with one attached hydrogen (secondary N) is 1. The van der Waals surface area contributed by atoms with Crippen LogP contribution in [-0.4, -0.2) is 23.2 Å². The fourth-order valence-electron chi connectivity index (χ4n) is 2.36. The van der Waals surface area contributed by atoms with Crippen LogP contribution in [0, 0.1) is 5.82 Å². The Labute approximate surface area is 105 Å². The summed E-state index contributed by atoms with van der Waals surface area (Å²) < 4.78 is 13.3. The molecule has 18 heavy (non-hydrogen) atoms. The van der Waals surface area contributed by atoms with E-state index in [-0.39, 0.29) is 23.8 Å². The number of halogens is 1. The zero-order valence-corrected chi connectivity index (χ0v) is 10.1. The van der Waals surface area contributed by atoms with Crippen LogP contribution in [0.3, 0.4) is 0 Å². The van der Waals surface area contributed by atoms with Crippen LogP contribution in [0.1, 0.15) is 36.0 Å². The molecular formula is C13H17FN2O2. The van der Waals surface area contributed by atoms with Crippen molar-refractivity contribution in [1.29, 1.82) is 0 Å². The van der Waals surface area contributed by atoms with E-state index in [9.17, 15) is 14.3 Å². The van der Waals surface area contributed by atoms with E-state index in [1.165, 1.54) is 12.1 Å². The molecule has 1 aliphatic rings. The summed E-state index contributed by atoms with van der Waals surface area (Å²) in [6.45, 7) is -0.0871. The summed E-state index contributed by atoms with van der Waals surface area (Å²) in [5.41, 5.74) is 5.05. The molecule has 0 radical (unpaired) electrons. The van der Waals surface area contributed by atoms with Gasteiger partial charge in [-0.15, -0.1) is 0 Å². The van der Waals surface area contributed by atoms with Crippen molar-refractivity contribution in [3.05, 3.63) is 29.6 Å². The Morgan fingerprint density at radius 1 is 1.44 bits per heavy atom. The van der Waals surface area contributed by atoms with Crippen molar-refractivity contribution in [2.45, 2.75) is 31.2 Å². The Hall–Kier alpha value is -1.62. The molecule has 5 heteroatoms. The van der Waals surface area contributed by atoms with Gasteiger partial charge in [0.2, 0.25) is 0 Å². The molecule has 98 valence electrons. The number of hydrogen-bond acceptors (Lipinski definition) is 3. The normalized spacial score (nSPS) is 17.7. The fraction of sp³-hybridized carbons (Fsp3) is 0.462. The zero-order valence-electron chi connectivity index (χ0n) is 10.1. The van der Waals surface area contributed by atoms with Gasteiger partial charge < -0.3 is 16.2 Å². The van der Waals surface area contributed by atoms with Crippen molar-refractivity contribution in [2.75, 3.05) is 12.3 Å². The minimum atomic E-state index is -0.605. The number of nitrogen functional groups attached to an aromatic ring is 1. The number of nitrogens with two attached hydrogens (primary N) is 1. The SMILES string of the molecule is Nc1ccc(C(=O)NC2(CO)CCCC2)cc1F. The van der Waals surface area contributed by atoms with Crippen LogP contribution in [-0.2, 0) is 0 Å². The summed E-state index contributed by atoms with van der Waals surface area (Å²) in [5.74, 6) is -0.975. The molecule has 1 aromatic carbocycles. The summed E-state index contributed by atoms with van der Waals surface area (Å²) in [7, 11) is 0. The quantitative estimate of drug-likeness (QED) is 0.712. The molecule has 4 nitrogen and oxygen atoms in total. The number of hydrogen-bond donors (Lipinski definition) is 3. The van der Waals surface area contributed by atoms with Crippen LogP contribution < -0.4 is 11.1 Å². The number of rotatable bonds is 3. The van der Waals surface area contributed by atoms with Crippen molar-refractivity contribution in [3.8, 4) is 0 Å². The van der Waals surface area contributed by atoms with Crippen molar-refractivity contribution >= 4 is 11.6 Å². The first-order valence-electron chi connectivity index (χ1n) is 6.05. The van der Waals surface area contributed by atoms with Gasteiger partial charge in [0.25, 0.3) is 5.91 Å². The van der Waals surface area contributed by atoms with Crippen LogP contribution >= 0.6 is 0 Å². The molecular weight excluding hydrogens is 235 g/mol. The first-order chi connectivity index (χ1) is 8.56. The van der Waals surface area contributed by atoms with Gasteiger partial charge in [-0.05, 0) is 31.0 Å². The van der Waals surface area contributed by atoms with E-state index in [1.54, 1.807) is 0 Å². The summed E-state index contributed by atoms with van der Waals surface area (Å²) in [5, 5.41) is 12.2. The first kappa shape index (κ1) is 12.8. The first-order valence-corrected chi connectivity index (χ1v) is 6.05. The molecule has 1 fully saturated rings. The van der Waals surface area contributed by atoms with Crippen molar-refractivity contribution in [1.82, 2.24) is 5.32 Å². The lowest BCUT2D eigenvalue weighted by atomic mass is 9.98. The van der Waals surface area contributed by atoms with E-state index in [1.807, 2.05) is 0 Å². The second-order valence-electron chi connectivity index (χ2n) is 4.84. The van der Waals surface area contributed by atoms with E-state index in [0.29, 0.717) is 0 Å². The Morgan fingerprint density at radius 3 is 2.67 bits per heavy atom. The Balaban J connectivity index is 2.13. The van der Waals surface area contributed by atoms with Gasteiger partial charge in [-0.25, -0.2) is 4.39 Å².